The van der Waals surface area contributed by atoms with Crippen molar-refractivity contribution in [1.82, 2.24) is 4.98 Å². The monoisotopic (exact) mass is 277 g/mol. The number of hydrogen-bond acceptors (Lipinski definition) is 2. The Kier molecular flexibility index (Phi) is 3.35. The van der Waals surface area contributed by atoms with Crippen molar-refractivity contribution in [3.63, 3.8) is 0 Å². The van der Waals surface area contributed by atoms with Crippen LogP contribution in [0.4, 0.5) is 0 Å². The highest BCUT2D eigenvalue weighted by Crippen LogP contribution is 2.38. The molecule has 1 nitrogen and oxygen atoms in total. The van der Waals surface area contributed by atoms with Crippen molar-refractivity contribution in [1.29, 1.82) is 0 Å². The van der Waals surface area contributed by atoms with E-state index in [1.54, 1.807) is 0 Å². The quantitative estimate of drug-likeness (QED) is 0.557. The van der Waals surface area contributed by atoms with Crippen molar-refractivity contribution < 1.29 is 0 Å². The second-order valence-electron chi connectivity index (χ2n) is 4.73. The zero-order chi connectivity index (χ0) is 12.2. The minimum absolute atomic E-state index is 0. The van der Waals surface area contributed by atoms with Gasteiger partial charge in [0.2, 0.25) is 0 Å². The first-order chi connectivity index (χ1) is 8.08. The van der Waals surface area contributed by atoms with E-state index in [2.05, 4.69) is 50.9 Å². The maximum absolute atomic E-state index is 4.57. The van der Waals surface area contributed by atoms with E-state index in [9.17, 15) is 0 Å². The number of aromatic nitrogens is 1. The van der Waals surface area contributed by atoms with Crippen LogP contribution in [-0.2, 0) is 0 Å². The van der Waals surface area contributed by atoms with Crippen molar-refractivity contribution >= 4 is 43.9 Å². The number of benzene rings is 1. The van der Waals surface area contributed by atoms with Gasteiger partial charge in [0, 0.05) is 21.2 Å². The van der Waals surface area contributed by atoms with E-state index < -0.39 is 0 Å². The van der Waals surface area contributed by atoms with Crippen molar-refractivity contribution in [2.75, 3.05) is 0 Å². The van der Waals surface area contributed by atoms with E-state index in [-0.39, 0.29) is 12.4 Å². The summed E-state index contributed by atoms with van der Waals surface area (Å²) >= 11 is 1.88. The lowest BCUT2D eigenvalue weighted by atomic mass is 10.0. The van der Waals surface area contributed by atoms with E-state index in [0.717, 1.165) is 11.4 Å². The Morgan fingerprint density at radius 3 is 2.33 bits per heavy atom. The molecular weight excluding hydrogens is 262 g/mol. The number of fused-ring (bicyclic) bond motifs is 3. The summed E-state index contributed by atoms with van der Waals surface area (Å²) in [7, 11) is 0. The molecule has 0 aliphatic carbocycles. The van der Waals surface area contributed by atoms with Gasteiger partial charge in [0.25, 0.3) is 0 Å². The van der Waals surface area contributed by atoms with Gasteiger partial charge in [-0.2, -0.15) is 0 Å². The molecule has 3 heteroatoms. The summed E-state index contributed by atoms with van der Waals surface area (Å²) in [4.78, 5) is 4.57. The Balaban J connectivity index is 0.00000120. The molecule has 1 aromatic carbocycles. The van der Waals surface area contributed by atoms with Crippen LogP contribution in [0.15, 0.2) is 18.2 Å². The topological polar surface area (TPSA) is 12.9 Å². The van der Waals surface area contributed by atoms with Crippen LogP contribution in [0.1, 0.15) is 22.5 Å². The third kappa shape index (κ3) is 1.80. The Morgan fingerprint density at radius 2 is 1.61 bits per heavy atom. The average molecular weight is 278 g/mol. The van der Waals surface area contributed by atoms with Crippen LogP contribution in [0.2, 0.25) is 0 Å². The van der Waals surface area contributed by atoms with Gasteiger partial charge in [-0.25, -0.2) is 0 Å². The van der Waals surface area contributed by atoms with Gasteiger partial charge < -0.3 is 0 Å². The van der Waals surface area contributed by atoms with Crippen molar-refractivity contribution in [3.05, 3.63) is 40.7 Å². The van der Waals surface area contributed by atoms with Crippen LogP contribution in [0.3, 0.4) is 0 Å². The van der Waals surface area contributed by atoms with Gasteiger partial charge in [-0.1, -0.05) is 12.1 Å². The van der Waals surface area contributed by atoms with Crippen molar-refractivity contribution in [3.8, 4) is 0 Å². The molecule has 0 radical (unpaired) electrons. The Bertz CT molecular complexity index is 743. The first-order valence-electron chi connectivity index (χ1n) is 5.84. The molecule has 94 valence electrons. The minimum atomic E-state index is 0. The Labute approximate surface area is 117 Å². The van der Waals surface area contributed by atoms with E-state index in [0.29, 0.717) is 0 Å². The third-order valence-corrected chi connectivity index (χ3v) is 4.76. The zero-order valence-electron chi connectivity index (χ0n) is 11.0. The lowest BCUT2D eigenvalue weighted by molar-refractivity contribution is 1.16. The molecule has 0 saturated heterocycles. The smallest absolute Gasteiger partial charge is 0.0568 e. The lowest BCUT2D eigenvalue weighted by Crippen LogP contribution is -1.85. The van der Waals surface area contributed by atoms with Gasteiger partial charge >= 0.3 is 0 Å². The highest BCUT2D eigenvalue weighted by molar-refractivity contribution is 7.26. The summed E-state index contributed by atoms with van der Waals surface area (Å²) in [5.41, 5.74) is 4.99. The van der Waals surface area contributed by atoms with Gasteiger partial charge in [0.1, 0.15) is 0 Å². The molecule has 0 atom stereocenters. The van der Waals surface area contributed by atoms with Crippen LogP contribution < -0.4 is 0 Å². The summed E-state index contributed by atoms with van der Waals surface area (Å²) in [6.07, 6.45) is 0. The number of aryl methyl sites for hydroxylation is 4. The zero-order valence-corrected chi connectivity index (χ0v) is 12.6. The number of rotatable bonds is 0. The summed E-state index contributed by atoms with van der Waals surface area (Å²) in [5, 5.41) is 2.79. The van der Waals surface area contributed by atoms with Crippen LogP contribution in [0.5, 0.6) is 0 Å². The van der Waals surface area contributed by atoms with Gasteiger partial charge in [-0.3, -0.25) is 4.98 Å². The maximum Gasteiger partial charge on any atom is 0.0568 e. The molecule has 2 heterocycles. The fraction of sp³-hybridized carbons (Fsp3) is 0.267. The number of halogens is 1. The van der Waals surface area contributed by atoms with Crippen LogP contribution in [0, 0.1) is 27.7 Å². The molecule has 3 rings (SSSR count). The molecule has 0 spiro atoms. The van der Waals surface area contributed by atoms with Crippen LogP contribution in [0.25, 0.3) is 20.2 Å². The van der Waals surface area contributed by atoms with Crippen molar-refractivity contribution in [2.24, 2.45) is 0 Å². The molecule has 0 amide bonds. The van der Waals surface area contributed by atoms with E-state index in [4.69, 9.17) is 0 Å². The SMILES string of the molecule is Cc1cc2c(sc3c(C)ccc(C)c32)c(C)n1.Cl. The largest absolute Gasteiger partial charge is 0.257 e. The standard InChI is InChI=1S/C15H15NS.ClH/c1-8-5-6-9(2)14-13(8)12-7-10(3)16-11(4)15(12)17-14;/h5-7H,1-4H3;1H. The highest BCUT2D eigenvalue weighted by Gasteiger charge is 2.12. The molecule has 0 unspecified atom stereocenters. The number of nitrogens with zero attached hydrogens (tertiary/aromatic N) is 1. The van der Waals surface area contributed by atoms with Gasteiger partial charge in [-0.05, 0) is 44.9 Å². The molecule has 0 saturated carbocycles. The van der Waals surface area contributed by atoms with E-state index in [1.807, 2.05) is 11.3 Å². The van der Waals surface area contributed by atoms with Crippen LogP contribution in [-0.4, -0.2) is 4.98 Å². The predicted octanol–water partition coefficient (Wildman–Crippen LogP) is 5.10. The first-order valence-corrected chi connectivity index (χ1v) is 6.66. The molecule has 2 aromatic heterocycles. The molecule has 3 aromatic rings. The fourth-order valence-corrected chi connectivity index (χ4v) is 3.76. The molecule has 0 aliphatic rings. The number of pyridine rings is 1. The average Bonchev–Trinajstić information content (AvgIpc) is 2.64. The van der Waals surface area contributed by atoms with E-state index in [1.165, 1.54) is 31.3 Å². The third-order valence-electron chi connectivity index (χ3n) is 3.31. The maximum atomic E-state index is 4.57. The first kappa shape index (κ1) is 13.3. The summed E-state index contributed by atoms with van der Waals surface area (Å²) < 4.78 is 2.75. The Morgan fingerprint density at radius 1 is 0.944 bits per heavy atom. The molecule has 0 fully saturated rings. The van der Waals surface area contributed by atoms with Gasteiger partial charge in [-0.15, -0.1) is 23.7 Å². The highest BCUT2D eigenvalue weighted by atomic mass is 35.5. The van der Waals surface area contributed by atoms with E-state index >= 15 is 0 Å². The van der Waals surface area contributed by atoms with Crippen molar-refractivity contribution in [2.45, 2.75) is 27.7 Å². The Hall–Kier alpha value is -1.12. The molecule has 0 N–H and O–H groups in total. The summed E-state index contributed by atoms with van der Waals surface area (Å²) in [6, 6.07) is 6.64. The van der Waals surface area contributed by atoms with Gasteiger partial charge in [0.15, 0.2) is 0 Å². The lowest BCUT2D eigenvalue weighted by Gasteiger charge is -2.01. The fourth-order valence-electron chi connectivity index (χ4n) is 2.49. The number of thiophene rings is 1. The number of hydrogen-bond donors (Lipinski definition) is 0. The summed E-state index contributed by atoms with van der Waals surface area (Å²) in [6.45, 7) is 8.56. The van der Waals surface area contributed by atoms with Gasteiger partial charge in [0.05, 0.1) is 10.4 Å². The minimum Gasteiger partial charge on any atom is -0.257 e. The second kappa shape index (κ2) is 4.52. The second-order valence-corrected chi connectivity index (χ2v) is 5.75. The molecule has 0 bridgehead atoms. The molecular formula is C15H16ClNS. The molecule has 0 aliphatic heterocycles. The normalized spacial score (nSPS) is 10.9. The molecule has 18 heavy (non-hydrogen) atoms. The summed E-state index contributed by atoms with van der Waals surface area (Å²) in [5.74, 6) is 0. The van der Waals surface area contributed by atoms with Crippen LogP contribution >= 0.6 is 23.7 Å². The predicted molar refractivity (Wildman–Crippen MR) is 83.3 cm³/mol.